The number of hydrogen-bond acceptors (Lipinski definition) is 7. The summed E-state index contributed by atoms with van der Waals surface area (Å²) in [4.78, 5) is 35.3. The predicted molar refractivity (Wildman–Crippen MR) is 155 cm³/mol. The van der Waals surface area contributed by atoms with Crippen LogP contribution in [-0.2, 0) is 33.6 Å². The van der Waals surface area contributed by atoms with Gasteiger partial charge in [-0.2, -0.15) is 15.2 Å². The lowest BCUT2D eigenvalue weighted by Crippen LogP contribution is -2.43. The molecule has 3 aromatic heterocycles. The van der Waals surface area contributed by atoms with Crippen LogP contribution in [0.5, 0.6) is 0 Å². The lowest BCUT2D eigenvalue weighted by molar-refractivity contribution is 0.572. The van der Waals surface area contributed by atoms with Crippen molar-refractivity contribution >= 4 is 51.0 Å². The molecular weight excluding hydrogens is 539 g/mol. The van der Waals surface area contributed by atoms with Crippen LogP contribution >= 0.6 is 17.8 Å². The summed E-state index contributed by atoms with van der Waals surface area (Å²) in [5, 5.41) is 14.1. The summed E-state index contributed by atoms with van der Waals surface area (Å²) in [6.07, 6.45) is 4.06. The van der Waals surface area contributed by atoms with E-state index in [1.807, 2.05) is 39.0 Å². The molecule has 0 saturated carbocycles. The molecule has 0 radical (unpaired) electrons. The molecule has 0 saturated heterocycles. The van der Waals surface area contributed by atoms with E-state index in [9.17, 15) is 14.0 Å². The third-order valence-electron chi connectivity index (χ3n) is 6.39. The Morgan fingerprint density at radius 3 is 2.51 bits per heavy atom. The molecule has 5 aromatic rings. The molecule has 2 atom stereocenters. The van der Waals surface area contributed by atoms with Gasteiger partial charge in [0.1, 0.15) is 12.1 Å². The van der Waals surface area contributed by atoms with Crippen molar-refractivity contribution in [2.24, 2.45) is 14.1 Å². The highest BCUT2D eigenvalue weighted by molar-refractivity contribution is 7.46. The minimum atomic E-state index is -0.744. The van der Waals surface area contributed by atoms with Gasteiger partial charge in [-0.3, -0.25) is 13.9 Å². The molecule has 5 rings (SSSR count). The fraction of sp³-hybridized carbons (Fsp3) is 0.280. The highest BCUT2D eigenvalue weighted by Crippen LogP contribution is 2.26. The number of fused-ring (bicyclic) bond motifs is 1. The van der Waals surface area contributed by atoms with Gasteiger partial charge in [0.2, 0.25) is 5.95 Å². The number of aromatic nitrogens is 8. The van der Waals surface area contributed by atoms with E-state index in [1.54, 1.807) is 17.8 Å². The number of nitrogens with zero attached hydrogens (tertiary/aromatic N) is 8. The first-order valence-corrected chi connectivity index (χ1v) is 14.3. The summed E-state index contributed by atoms with van der Waals surface area (Å²) < 4.78 is 20.3. The first kappa shape index (κ1) is 26.8. The molecule has 2 aromatic carbocycles. The molecule has 0 aliphatic heterocycles. The van der Waals surface area contributed by atoms with E-state index in [2.05, 4.69) is 34.7 Å². The highest BCUT2D eigenvalue weighted by atomic mass is 31.1. The second-order valence-corrected chi connectivity index (χ2v) is 10.8. The number of aryl methyl sites for hydroxylation is 3. The zero-order valence-electron chi connectivity index (χ0n) is 21.9. The molecule has 0 spiro atoms. The van der Waals surface area contributed by atoms with Crippen LogP contribution in [0.2, 0.25) is 0 Å². The smallest absolute Gasteiger partial charge is 0.325 e. The molecule has 0 amide bonds. The van der Waals surface area contributed by atoms with Gasteiger partial charge in [0.25, 0.3) is 0 Å². The molecule has 0 bridgehead atoms. The Labute approximate surface area is 227 Å². The van der Waals surface area contributed by atoms with E-state index in [0.29, 0.717) is 37.4 Å². The van der Waals surface area contributed by atoms with E-state index in [0.717, 1.165) is 26.3 Å². The van der Waals surface area contributed by atoms with Crippen LogP contribution in [-0.4, -0.2) is 45.3 Å². The molecule has 2 unspecified atom stereocenters. The maximum absolute atomic E-state index is 14.8. The Morgan fingerprint density at radius 1 is 1.03 bits per heavy atom. The molecule has 14 heteroatoms. The van der Waals surface area contributed by atoms with Gasteiger partial charge in [0.05, 0.1) is 18.6 Å². The Morgan fingerprint density at radius 2 is 1.82 bits per heavy atom. The summed E-state index contributed by atoms with van der Waals surface area (Å²) in [6, 6.07) is 7.07. The fourth-order valence-corrected chi connectivity index (χ4v) is 5.52. The molecule has 202 valence electrons. The quantitative estimate of drug-likeness (QED) is 0.282. The van der Waals surface area contributed by atoms with Crippen molar-refractivity contribution < 1.29 is 4.39 Å². The number of halogens is 1. The van der Waals surface area contributed by atoms with Crippen LogP contribution in [0.3, 0.4) is 0 Å². The summed E-state index contributed by atoms with van der Waals surface area (Å²) in [7, 11) is 6.44. The normalized spacial score (nSPS) is 11.7. The molecule has 0 aliphatic carbocycles. The van der Waals surface area contributed by atoms with Crippen molar-refractivity contribution in [3.63, 3.8) is 0 Å². The SMILES string of the molecule is CCc1cc2nn(C)cc2cc1Nc1nc(=O)n(Cc2ncn(C)n2)c(=O)n1Cc1cc(F)c(PC)cc1P. The zero-order chi connectivity index (χ0) is 27.8. The van der Waals surface area contributed by atoms with Crippen LogP contribution in [0.25, 0.3) is 10.9 Å². The second-order valence-electron chi connectivity index (χ2n) is 9.14. The molecule has 39 heavy (non-hydrogen) atoms. The van der Waals surface area contributed by atoms with Crippen molar-refractivity contribution in [3.8, 4) is 0 Å². The number of nitrogens with one attached hydrogen (secondary N) is 1. The Hall–Kier alpha value is -3.75. The van der Waals surface area contributed by atoms with Crippen LogP contribution in [0.1, 0.15) is 23.9 Å². The first-order valence-electron chi connectivity index (χ1n) is 12.2. The zero-order valence-corrected chi connectivity index (χ0v) is 24.1. The fourth-order valence-electron chi connectivity index (χ4n) is 4.40. The van der Waals surface area contributed by atoms with Gasteiger partial charge < -0.3 is 5.32 Å². The van der Waals surface area contributed by atoms with Crippen molar-refractivity contribution in [2.75, 3.05) is 12.0 Å². The molecule has 1 N–H and O–H groups in total. The Kier molecular flexibility index (Phi) is 7.42. The third kappa shape index (κ3) is 5.40. The Bertz CT molecular complexity index is 1820. The van der Waals surface area contributed by atoms with Gasteiger partial charge >= 0.3 is 11.4 Å². The van der Waals surface area contributed by atoms with E-state index >= 15 is 0 Å². The second kappa shape index (κ2) is 10.8. The van der Waals surface area contributed by atoms with Gasteiger partial charge in [0, 0.05) is 36.7 Å². The molecule has 0 fully saturated rings. The average molecular weight is 568 g/mol. The summed E-state index contributed by atoms with van der Waals surface area (Å²) in [5.41, 5.74) is 1.69. The van der Waals surface area contributed by atoms with Crippen molar-refractivity contribution in [1.29, 1.82) is 0 Å². The maximum Gasteiger partial charge on any atom is 0.355 e. The van der Waals surface area contributed by atoms with E-state index in [1.165, 1.54) is 21.6 Å². The molecular formula is C25H28FN9O2P2. The van der Waals surface area contributed by atoms with Crippen LogP contribution in [0, 0.1) is 5.82 Å². The van der Waals surface area contributed by atoms with Crippen molar-refractivity contribution in [3.05, 3.63) is 80.5 Å². The van der Waals surface area contributed by atoms with Gasteiger partial charge in [-0.25, -0.2) is 23.5 Å². The minimum absolute atomic E-state index is 0.0104. The number of hydrogen-bond donors (Lipinski definition) is 1. The lowest BCUT2D eigenvalue weighted by Gasteiger charge is -2.18. The van der Waals surface area contributed by atoms with Gasteiger partial charge in [0.15, 0.2) is 5.82 Å². The van der Waals surface area contributed by atoms with Gasteiger partial charge in [-0.15, -0.1) is 9.24 Å². The largest absolute Gasteiger partial charge is 0.355 e. The van der Waals surface area contributed by atoms with Crippen LogP contribution in [0.15, 0.2) is 46.4 Å². The standard InChI is InChI=1S/C25H28FN9O2P2/c1-5-14-7-19-15(10-32(2)30-19)8-18(14)28-23-29-24(36)35(12-22-27-13-33(3)31-22)25(37)34(23)11-16-6-17(26)21(39-4)9-20(16)38/h6-10,13,39H,5,11-12,38H2,1-4H3,(H,28,29,36). The van der Waals surface area contributed by atoms with Crippen molar-refractivity contribution in [2.45, 2.75) is 26.4 Å². The summed E-state index contributed by atoms with van der Waals surface area (Å²) in [5.74, 6) is 0.0143. The number of benzene rings is 2. The average Bonchev–Trinajstić information content (AvgIpc) is 3.48. The first-order chi connectivity index (χ1) is 18.7. The minimum Gasteiger partial charge on any atom is -0.325 e. The monoisotopic (exact) mass is 567 g/mol. The van der Waals surface area contributed by atoms with Crippen LogP contribution in [0.4, 0.5) is 16.0 Å². The molecule has 0 aliphatic rings. The molecule has 11 nitrogen and oxygen atoms in total. The highest BCUT2D eigenvalue weighted by Gasteiger charge is 2.18. The van der Waals surface area contributed by atoms with E-state index in [-0.39, 0.29) is 24.9 Å². The molecule has 3 heterocycles. The summed E-state index contributed by atoms with van der Waals surface area (Å²) in [6.45, 7) is 3.76. The van der Waals surface area contributed by atoms with Gasteiger partial charge in [-0.1, -0.05) is 15.5 Å². The number of anilines is 2. The summed E-state index contributed by atoms with van der Waals surface area (Å²) >= 11 is 0. The Balaban J connectivity index is 1.65. The van der Waals surface area contributed by atoms with Crippen molar-refractivity contribution in [1.82, 2.24) is 38.7 Å². The number of rotatable bonds is 8. The maximum atomic E-state index is 14.8. The third-order valence-corrected chi connectivity index (χ3v) is 7.85. The van der Waals surface area contributed by atoms with Gasteiger partial charge in [-0.05, 0) is 53.8 Å². The lowest BCUT2D eigenvalue weighted by atomic mass is 10.1. The topological polar surface area (TPSA) is 117 Å². The van der Waals surface area contributed by atoms with E-state index < -0.39 is 11.4 Å². The predicted octanol–water partition coefficient (Wildman–Crippen LogP) is 1.40. The van der Waals surface area contributed by atoms with Crippen LogP contribution < -0.4 is 27.3 Å². The van der Waals surface area contributed by atoms with E-state index in [4.69, 9.17) is 0 Å².